The van der Waals surface area contributed by atoms with Gasteiger partial charge in [-0.25, -0.2) is 15.0 Å². The third kappa shape index (κ3) is 6.21. The molecule has 0 bridgehead atoms. The molecule has 1 aliphatic carbocycles. The summed E-state index contributed by atoms with van der Waals surface area (Å²) in [6.45, 7) is 5.92. The lowest BCUT2D eigenvalue weighted by Gasteiger charge is -2.31. The largest absolute Gasteiger partial charge is 0.465 e. The van der Waals surface area contributed by atoms with Crippen molar-refractivity contribution < 1.29 is 29.0 Å². The molecule has 1 atom stereocenters. The molecule has 0 saturated heterocycles. The summed E-state index contributed by atoms with van der Waals surface area (Å²) >= 11 is 0. The maximum absolute atomic E-state index is 13.6. The Kier molecular flexibility index (Phi) is 7.74. The minimum Gasteiger partial charge on any atom is -0.465 e. The van der Waals surface area contributed by atoms with E-state index in [2.05, 4.69) is 26.1 Å². The number of hydrogen-bond donors (Lipinski definition) is 5. The first-order chi connectivity index (χ1) is 19.5. The summed E-state index contributed by atoms with van der Waals surface area (Å²) in [6.07, 6.45) is 7.00. The molecule has 2 aromatic rings. The molecule has 12 heteroatoms. The van der Waals surface area contributed by atoms with Crippen LogP contribution in [0.25, 0.3) is 16.5 Å². The summed E-state index contributed by atoms with van der Waals surface area (Å²) < 4.78 is 5.44. The number of carbonyl (C=O) groups is 4. The highest BCUT2D eigenvalue weighted by molar-refractivity contribution is 6.17. The molecule has 1 saturated carbocycles. The maximum Gasteiger partial charge on any atom is 0.408 e. The van der Waals surface area contributed by atoms with Crippen LogP contribution in [0.2, 0.25) is 0 Å². The van der Waals surface area contributed by atoms with Gasteiger partial charge >= 0.3 is 12.2 Å². The molecular formula is C29H36N6O6. The molecule has 41 heavy (non-hydrogen) atoms. The van der Waals surface area contributed by atoms with Gasteiger partial charge in [-0.05, 0) is 63.7 Å². The molecular weight excluding hydrogens is 528 g/mol. The van der Waals surface area contributed by atoms with Crippen LogP contribution in [0, 0.1) is 5.92 Å². The van der Waals surface area contributed by atoms with Gasteiger partial charge in [0.05, 0.1) is 17.5 Å². The minimum absolute atomic E-state index is 0.0365. The Labute approximate surface area is 237 Å². The van der Waals surface area contributed by atoms with Crippen LogP contribution in [0.15, 0.2) is 23.3 Å². The molecule has 2 aliphatic heterocycles. The lowest BCUT2D eigenvalue weighted by Crippen LogP contribution is -2.50. The van der Waals surface area contributed by atoms with Crippen molar-refractivity contribution in [1.29, 1.82) is 0 Å². The number of hydrazone groups is 1. The van der Waals surface area contributed by atoms with Crippen LogP contribution in [-0.2, 0) is 9.53 Å². The normalized spacial score (nSPS) is 18.3. The van der Waals surface area contributed by atoms with E-state index in [9.17, 15) is 24.3 Å². The number of rotatable bonds is 5. The Balaban J connectivity index is 1.46. The number of nitrogens with one attached hydrogen (secondary N) is 4. The average Bonchev–Trinajstić information content (AvgIpc) is 3.20. The van der Waals surface area contributed by atoms with E-state index in [1.165, 1.54) is 4.90 Å². The molecule has 1 fully saturated rings. The third-order valence-electron chi connectivity index (χ3n) is 7.69. The second-order valence-corrected chi connectivity index (χ2v) is 11.8. The zero-order chi connectivity index (χ0) is 29.3. The van der Waals surface area contributed by atoms with Gasteiger partial charge in [0.2, 0.25) is 5.91 Å². The number of aromatic amines is 1. The van der Waals surface area contributed by atoms with Gasteiger partial charge in [-0.3, -0.25) is 9.59 Å². The van der Waals surface area contributed by atoms with Gasteiger partial charge in [-0.15, -0.1) is 0 Å². The fourth-order valence-electron chi connectivity index (χ4n) is 5.80. The predicted octanol–water partition coefficient (Wildman–Crippen LogP) is 4.42. The average molecular weight is 565 g/mol. The molecule has 12 nitrogen and oxygen atoms in total. The number of carboxylic acid groups (broad SMARTS) is 1. The summed E-state index contributed by atoms with van der Waals surface area (Å²) in [6, 6.07) is 2.57. The lowest BCUT2D eigenvalue weighted by atomic mass is 9.83. The number of aromatic nitrogens is 1. The van der Waals surface area contributed by atoms with Gasteiger partial charge in [0.15, 0.2) is 0 Å². The number of amides is 4. The van der Waals surface area contributed by atoms with Crippen LogP contribution in [0.4, 0.5) is 15.3 Å². The monoisotopic (exact) mass is 564 g/mol. The SMILES string of the molecule is CC(C)(C)OC(=O)N[C@@H](C(=O)Nc1cc2c3c(c(C4=CCN(C(=O)O)CC4)[nH]c3c1)C=NNC2=O)C1CCCCC1. The molecule has 5 rings (SSSR count). The molecule has 0 spiro atoms. The minimum atomic E-state index is -0.971. The van der Waals surface area contributed by atoms with E-state index >= 15 is 0 Å². The zero-order valence-electron chi connectivity index (χ0n) is 23.5. The molecule has 5 N–H and O–H groups in total. The van der Waals surface area contributed by atoms with Crippen molar-refractivity contribution in [3.63, 3.8) is 0 Å². The Morgan fingerprint density at radius 2 is 1.93 bits per heavy atom. The lowest BCUT2D eigenvalue weighted by molar-refractivity contribution is -0.119. The van der Waals surface area contributed by atoms with Gasteiger partial charge in [0.25, 0.3) is 5.91 Å². The predicted molar refractivity (Wildman–Crippen MR) is 154 cm³/mol. The van der Waals surface area contributed by atoms with Crippen molar-refractivity contribution in [2.75, 3.05) is 18.4 Å². The molecule has 1 aromatic carbocycles. The highest BCUT2D eigenvalue weighted by Gasteiger charge is 2.33. The van der Waals surface area contributed by atoms with Gasteiger partial charge in [-0.1, -0.05) is 25.3 Å². The van der Waals surface area contributed by atoms with Crippen LogP contribution >= 0.6 is 0 Å². The van der Waals surface area contributed by atoms with Crippen molar-refractivity contribution >= 4 is 52.4 Å². The van der Waals surface area contributed by atoms with Crippen molar-refractivity contribution in [3.05, 3.63) is 35.0 Å². The Hall–Kier alpha value is -4.35. The van der Waals surface area contributed by atoms with Gasteiger partial charge in [0, 0.05) is 35.2 Å². The van der Waals surface area contributed by atoms with E-state index in [1.807, 2.05) is 6.08 Å². The quantitative estimate of drug-likeness (QED) is 0.361. The number of nitrogens with zero attached hydrogens (tertiary/aromatic N) is 2. The number of carbonyl (C=O) groups excluding carboxylic acids is 3. The number of H-pyrrole nitrogens is 1. The first-order valence-corrected chi connectivity index (χ1v) is 14.0. The number of anilines is 1. The van der Waals surface area contributed by atoms with Crippen molar-refractivity contribution in [2.24, 2.45) is 11.0 Å². The van der Waals surface area contributed by atoms with E-state index in [4.69, 9.17) is 4.74 Å². The van der Waals surface area contributed by atoms with Gasteiger partial charge in [0.1, 0.15) is 11.6 Å². The summed E-state index contributed by atoms with van der Waals surface area (Å²) in [5.41, 5.74) is 5.56. The highest BCUT2D eigenvalue weighted by atomic mass is 16.6. The first-order valence-electron chi connectivity index (χ1n) is 14.0. The molecule has 4 amide bonds. The van der Waals surface area contributed by atoms with Crippen molar-refractivity contribution in [2.45, 2.75) is 70.9 Å². The van der Waals surface area contributed by atoms with Crippen LogP contribution in [0.1, 0.15) is 80.9 Å². The molecule has 3 aliphatic rings. The highest BCUT2D eigenvalue weighted by Crippen LogP contribution is 2.35. The van der Waals surface area contributed by atoms with Gasteiger partial charge in [-0.2, -0.15) is 5.10 Å². The summed E-state index contributed by atoms with van der Waals surface area (Å²) in [7, 11) is 0. The molecule has 1 aromatic heterocycles. The van der Waals surface area contributed by atoms with Crippen molar-refractivity contribution in [3.8, 4) is 0 Å². The number of hydrogen-bond acceptors (Lipinski definition) is 6. The smallest absolute Gasteiger partial charge is 0.408 e. The number of ether oxygens (including phenoxy) is 1. The summed E-state index contributed by atoms with van der Waals surface area (Å²) in [4.78, 5) is 55.3. The topological polar surface area (TPSA) is 165 Å². The van der Waals surface area contributed by atoms with E-state index < -0.39 is 29.7 Å². The zero-order valence-corrected chi connectivity index (χ0v) is 23.5. The number of benzene rings is 1. The fraction of sp³-hybridized carbons (Fsp3) is 0.483. The third-order valence-corrected chi connectivity index (χ3v) is 7.69. The molecule has 3 heterocycles. The second-order valence-electron chi connectivity index (χ2n) is 11.8. The Morgan fingerprint density at radius 1 is 1.17 bits per heavy atom. The number of alkyl carbamates (subject to hydrolysis) is 1. The standard InChI is InChI=1S/C29H36N6O6/c1-29(2,3)41-27(38)33-24(16-7-5-4-6-8-16)26(37)31-18-13-19-22-20(15-30-34-25(19)36)23(32-21(22)14-18)17-9-11-35(12-10-17)28(39)40/h9,13-16,24,32H,4-8,10-12H2,1-3H3,(H,31,37)(H,33,38)(H,34,36)(H,39,40)/t24-/m1/s1. The fourth-order valence-corrected chi connectivity index (χ4v) is 5.80. The second kappa shape index (κ2) is 11.3. The maximum atomic E-state index is 13.6. The summed E-state index contributed by atoms with van der Waals surface area (Å²) in [5.74, 6) is -0.835. The first kappa shape index (κ1) is 28.2. The van der Waals surface area contributed by atoms with Crippen LogP contribution < -0.4 is 16.1 Å². The molecule has 0 radical (unpaired) electrons. The van der Waals surface area contributed by atoms with E-state index in [0.717, 1.165) is 43.4 Å². The van der Waals surface area contributed by atoms with E-state index in [-0.39, 0.29) is 18.4 Å². The van der Waals surface area contributed by atoms with Crippen molar-refractivity contribution in [1.82, 2.24) is 20.6 Å². The summed E-state index contributed by atoms with van der Waals surface area (Å²) in [5, 5.41) is 19.8. The molecule has 0 unspecified atom stereocenters. The Bertz CT molecular complexity index is 1450. The van der Waals surface area contributed by atoms with Crippen LogP contribution in [0.5, 0.6) is 0 Å². The molecule has 218 valence electrons. The van der Waals surface area contributed by atoms with E-state index in [0.29, 0.717) is 40.7 Å². The van der Waals surface area contributed by atoms with Gasteiger partial charge < -0.3 is 30.4 Å². The van der Waals surface area contributed by atoms with E-state index in [1.54, 1.807) is 39.1 Å². The van der Waals surface area contributed by atoms with Crippen LogP contribution in [-0.4, -0.2) is 69.9 Å². The Morgan fingerprint density at radius 3 is 2.59 bits per heavy atom. The van der Waals surface area contributed by atoms with Crippen LogP contribution in [0.3, 0.4) is 0 Å².